The quantitative estimate of drug-likeness (QED) is 0.550. The number of likely N-dealkylation sites (tertiary alicyclic amines) is 1. The van der Waals surface area contributed by atoms with Gasteiger partial charge < -0.3 is 16.4 Å². The highest BCUT2D eigenvalue weighted by Crippen LogP contribution is 2.12. The SMILES string of the molecule is NCCCCC(N)C(=S)N1CCCCC1. The molecule has 4 N–H and O–H groups in total. The third-order valence-electron chi connectivity index (χ3n) is 2.95. The minimum absolute atomic E-state index is 0.0599. The zero-order valence-electron chi connectivity index (χ0n) is 9.45. The molecule has 1 atom stereocenters. The molecule has 0 aliphatic carbocycles. The van der Waals surface area contributed by atoms with E-state index in [2.05, 4.69) is 4.90 Å². The molecule has 0 bridgehead atoms. The molecule has 4 heteroatoms. The molecular formula is C11H23N3S. The highest BCUT2D eigenvalue weighted by atomic mass is 32.1. The van der Waals surface area contributed by atoms with Crippen molar-refractivity contribution in [2.45, 2.75) is 44.6 Å². The molecule has 1 saturated heterocycles. The largest absolute Gasteiger partial charge is 0.365 e. The van der Waals surface area contributed by atoms with Crippen molar-refractivity contribution in [2.24, 2.45) is 11.5 Å². The summed E-state index contributed by atoms with van der Waals surface area (Å²) in [6, 6.07) is 0.0599. The van der Waals surface area contributed by atoms with Gasteiger partial charge in [0.05, 0.1) is 11.0 Å². The molecule has 0 aromatic carbocycles. The number of hydrogen-bond donors (Lipinski definition) is 2. The third-order valence-corrected chi connectivity index (χ3v) is 3.52. The van der Waals surface area contributed by atoms with Gasteiger partial charge in [-0.3, -0.25) is 0 Å². The molecule has 0 spiro atoms. The number of rotatable bonds is 5. The molecule has 0 aromatic rings. The summed E-state index contributed by atoms with van der Waals surface area (Å²) < 4.78 is 0. The Morgan fingerprint density at radius 3 is 2.47 bits per heavy atom. The van der Waals surface area contributed by atoms with Crippen LogP contribution in [0.1, 0.15) is 38.5 Å². The normalized spacial score (nSPS) is 18.9. The first kappa shape index (κ1) is 12.9. The summed E-state index contributed by atoms with van der Waals surface area (Å²) in [5.41, 5.74) is 11.5. The van der Waals surface area contributed by atoms with Crippen molar-refractivity contribution < 1.29 is 0 Å². The molecule has 1 heterocycles. The zero-order valence-corrected chi connectivity index (χ0v) is 10.3. The van der Waals surface area contributed by atoms with Crippen molar-refractivity contribution >= 4 is 17.2 Å². The molecule has 1 aliphatic heterocycles. The highest BCUT2D eigenvalue weighted by molar-refractivity contribution is 7.80. The summed E-state index contributed by atoms with van der Waals surface area (Å²) in [7, 11) is 0. The Labute approximate surface area is 98.2 Å². The number of nitrogens with zero attached hydrogens (tertiary/aromatic N) is 1. The van der Waals surface area contributed by atoms with E-state index >= 15 is 0 Å². The standard InChI is InChI=1S/C11H23N3S/c12-7-3-2-6-10(13)11(15)14-8-4-1-5-9-14/h10H,1-9,12-13H2. The van der Waals surface area contributed by atoms with Gasteiger partial charge in [0.2, 0.25) is 0 Å². The van der Waals surface area contributed by atoms with Gasteiger partial charge in [0.25, 0.3) is 0 Å². The molecule has 0 amide bonds. The number of thiocarbonyl (C=S) groups is 1. The maximum absolute atomic E-state index is 6.07. The Bertz CT molecular complexity index is 190. The van der Waals surface area contributed by atoms with E-state index in [4.69, 9.17) is 23.7 Å². The maximum Gasteiger partial charge on any atom is 0.0949 e. The summed E-state index contributed by atoms with van der Waals surface area (Å²) in [6.07, 6.45) is 6.97. The van der Waals surface area contributed by atoms with Crippen molar-refractivity contribution in [1.82, 2.24) is 4.90 Å². The molecular weight excluding hydrogens is 206 g/mol. The van der Waals surface area contributed by atoms with Gasteiger partial charge in [-0.2, -0.15) is 0 Å². The molecule has 88 valence electrons. The lowest BCUT2D eigenvalue weighted by atomic mass is 10.1. The Hall–Kier alpha value is -0.190. The fourth-order valence-corrected chi connectivity index (χ4v) is 2.28. The Kier molecular flexibility index (Phi) is 6.13. The molecule has 3 nitrogen and oxygen atoms in total. The van der Waals surface area contributed by atoms with Gasteiger partial charge in [0.1, 0.15) is 0 Å². The first-order valence-electron chi connectivity index (χ1n) is 6.00. The van der Waals surface area contributed by atoms with Gasteiger partial charge in [0.15, 0.2) is 0 Å². The van der Waals surface area contributed by atoms with Gasteiger partial charge in [-0.05, 0) is 38.6 Å². The summed E-state index contributed by atoms with van der Waals surface area (Å²) in [4.78, 5) is 3.25. The minimum Gasteiger partial charge on any atom is -0.365 e. The van der Waals surface area contributed by atoms with E-state index in [-0.39, 0.29) is 6.04 Å². The molecule has 1 aliphatic rings. The van der Waals surface area contributed by atoms with Gasteiger partial charge >= 0.3 is 0 Å². The molecule has 0 radical (unpaired) electrons. The lowest BCUT2D eigenvalue weighted by molar-refractivity contribution is 0.337. The Morgan fingerprint density at radius 1 is 1.20 bits per heavy atom. The number of unbranched alkanes of at least 4 members (excludes halogenated alkanes) is 1. The first-order chi connectivity index (χ1) is 7.25. The van der Waals surface area contributed by atoms with Crippen molar-refractivity contribution in [3.05, 3.63) is 0 Å². The predicted octanol–water partition coefficient (Wildman–Crippen LogP) is 1.26. The maximum atomic E-state index is 6.07. The van der Waals surface area contributed by atoms with E-state index in [0.29, 0.717) is 0 Å². The average Bonchev–Trinajstić information content (AvgIpc) is 2.29. The zero-order chi connectivity index (χ0) is 11.1. The smallest absolute Gasteiger partial charge is 0.0949 e. The van der Waals surface area contributed by atoms with Crippen LogP contribution in [0, 0.1) is 0 Å². The van der Waals surface area contributed by atoms with Crippen LogP contribution < -0.4 is 11.5 Å². The predicted molar refractivity (Wildman–Crippen MR) is 68.9 cm³/mol. The summed E-state index contributed by atoms with van der Waals surface area (Å²) in [5, 5.41) is 0. The lowest BCUT2D eigenvalue weighted by Crippen LogP contribution is -2.44. The van der Waals surface area contributed by atoms with Gasteiger partial charge in [-0.1, -0.05) is 18.6 Å². The van der Waals surface area contributed by atoms with Gasteiger partial charge in [-0.25, -0.2) is 0 Å². The molecule has 0 saturated carbocycles. The third kappa shape index (κ3) is 4.45. The van der Waals surface area contributed by atoms with Crippen LogP contribution in [-0.4, -0.2) is 35.6 Å². The van der Waals surface area contributed by atoms with Crippen LogP contribution in [0.15, 0.2) is 0 Å². The van der Waals surface area contributed by atoms with Crippen LogP contribution in [0.3, 0.4) is 0 Å². The van der Waals surface area contributed by atoms with E-state index in [1.807, 2.05) is 0 Å². The van der Waals surface area contributed by atoms with Gasteiger partial charge in [0, 0.05) is 13.1 Å². The highest BCUT2D eigenvalue weighted by Gasteiger charge is 2.18. The minimum atomic E-state index is 0.0599. The Morgan fingerprint density at radius 2 is 1.87 bits per heavy atom. The van der Waals surface area contributed by atoms with E-state index in [1.54, 1.807) is 0 Å². The average molecular weight is 229 g/mol. The van der Waals surface area contributed by atoms with Crippen LogP contribution in [0.2, 0.25) is 0 Å². The van der Waals surface area contributed by atoms with Crippen molar-refractivity contribution in [2.75, 3.05) is 19.6 Å². The van der Waals surface area contributed by atoms with E-state index in [9.17, 15) is 0 Å². The van der Waals surface area contributed by atoms with Crippen molar-refractivity contribution in [3.63, 3.8) is 0 Å². The van der Waals surface area contributed by atoms with Crippen molar-refractivity contribution in [3.8, 4) is 0 Å². The fraction of sp³-hybridized carbons (Fsp3) is 0.909. The number of piperidine rings is 1. The Balaban J connectivity index is 2.24. The van der Waals surface area contributed by atoms with Gasteiger partial charge in [-0.15, -0.1) is 0 Å². The van der Waals surface area contributed by atoms with Crippen LogP contribution in [-0.2, 0) is 0 Å². The second-order valence-electron chi connectivity index (χ2n) is 4.28. The topological polar surface area (TPSA) is 55.3 Å². The lowest BCUT2D eigenvalue weighted by Gasteiger charge is -2.31. The van der Waals surface area contributed by atoms with E-state index < -0.39 is 0 Å². The number of hydrogen-bond acceptors (Lipinski definition) is 3. The second kappa shape index (κ2) is 7.14. The molecule has 0 aromatic heterocycles. The van der Waals surface area contributed by atoms with Crippen LogP contribution in [0.4, 0.5) is 0 Å². The fourth-order valence-electron chi connectivity index (χ4n) is 1.98. The van der Waals surface area contributed by atoms with Crippen LogP contribution >= 0.6 is 12.2 Å². The van der Waals surface area contributed by atoms with Crippen molar-refractivity contribution in [1.29, 1.82) is 0 Å². The summed E-state index contributed by atoms with van der Waals surface area (Å²) in [5.74, 6) is 0. The molecule has 1 unspecified atom stereocenters. The van der Waals surface area contributed by atoms with E-state index in [0.717, 1.165) is 43.9 Å². The monoisotopic (exact) mass is 229 g/mol. The second-order valence-corrected chi connectivity index (χ2v) is 4.70. The van der Waals surface area contributed by atoms with Crippen LogP contribution in [0.5, 0.6) is 0 Å². The van der Waals surface area contributed by atoms with Crippen LogP contribution in [0.25, 0.3) is 0 Å². The first-order valence-corrected chi connectivity index (χ1v) is 6.41. The molecule has 1 rings (SSSR count). The number of nitrogens with two attached hydrogens (primary N) is 2. The molecule has 1 fully saturated rings. The van der Waals surface area contributed by atoms with E-state index in [1.165, 1.54) is 19.3 Å². The summed E-state index contributed by atoms with van der Waals surface area (Å²) >= 11 is 5.42. The molecule has 15 heavy (non-hydrogen) atoms. The summed E-state index contributed by atoms with van der Waals surface area (Å²) in [6.45, 7) is 2.95.